The molecule has 0 radical (unpaired) electrons. The number of aryl methyl sites for hydroxylation is 1. The maximum absolute atomic E-state index is 5.28. The fraction of sp³-hybridized carbons (Fsp3) is 0.535. The van der Waals surface area contributed by atoms with Gasteiger partial charge in [-0.2, -0.15) is 0 Å². The summed E-state index contributed by atoms with van der Waals surface area (Å²) >= 11 is 0. The lowest BCUT2D eigenvalue weighted by molar-refractivity contribution is 0.169. The van der Waals surface area contributed by atoms with Crippen LogP contribution in [0, 0.1) is 72.0 Å². The predicted octanol–water partition coefficient (Wildman–Crippen LogP) is 20.0. The van der Waals surface area contributed by atoms with Crippen LogP contribution in [0.4, 0.5) is 0 Å². The number of nitrogens with zero attached hydrogens (tertiary/aromatic N) is 5. The Morgan fingerprint density at radius 1 is 0.391 bits per heavy atom. The summed E-state index contributed by atoms with van der Waals surface area (Å²) in [6.45, 7) is 58.1. The van der Waals surface area contributed by atoms with E-state index >= 15 is 0 Å². The van der Waals surface area contributed by atoms with E-state index in [1.54, 1.807) is 7.11 Å². The Balaban J connectivity index is 0.000000164. The normalized spacial score (nSPS) is 24.1. The molecule has 5 saturated heterocycles. The molecule has 6 aromatic rings. The summed E-state index contributed by atoms with van der Waals surface area (Å²) in [5.41, 5.74) is 11.5. The van der Waals surface area contributed by atoms with Crippen LogP contribution in [0.3, 0.4) is 0 Å². The van der Waals surface area contributed by atoms with Crippen LogP contribution >= 0.6 is 0 Å². The Morgan fingerprint density at radius 3 is 1.03 bits per heavy atom. The molecule has 0 spiro atoms. The molecule has 92 heavy (non-hydrogen) atoms. The summed E-state index contributed by atoms with van der Waals surface area (Å²) in [6, 6.07) is 63.9. The maximum atomic E-state index is 5.28. The fourth-order valence-corrected chi connectivity index (χ4v) is 15.9. The van der Waals surface area contributed by atoms with Gasteiger partial charge in [0.2, 0.25) is 0 Å². The molecule has 0 N–H and O–H groups in total. The first kappa shape index (κ1) is 73.5. The van der Waals surface area contributed by atoms with Gasteiger partial charge in [-0.25, -0.2) is 0 Å². The lowest BCUT2D eigenvalue weighted by Gasteiger charge is -2.22. The van der Waals surface area contributed by atoms with E-state index in [1.165, 1.54) is 103 Å². The van der Waals surface area contributed by atoms with Gasteiger partial charge in [0.1, 0.15) is 0 Å². The van der Waals surface area contributed by atoms with Crippen molar-refractivity contribution in [2.45, 2.75) is 146 Å². The quantitative estimate of drug-likeness (QED) is 0.0750. The number of rotatable bonds is 19. The Morgan fingerprint density at radius 2 is 0.696 bits per heavy atom. The van der Waals surface area contributed by atoms with Gasteiger partial charge in [0.05, 0.1) is 7.11 Å². The monoisotopic (exact) mass is 1240 g/mol. The maximum Gasteiger partial charge on any atom is 0.181 e. The van der Waals surface area contributed by atoms with Crippen LogP contribution in [0.25, 0.3) is 0 Å². The van der Waals surface area contributed by atoms with Crippen LogP contribution in [-0.4, -0.2) is 110 Å². The Labute approximate surface area is 562 Å². The van der Waals surface area contributed by atoms with Crippen molar-refractivity contribution >= 4 is 0 Å². The molecule has 0 saturated carbocycles. The zero-order valence-corrected chi connectivity index (χ0v) is 60.4. The Bertz CT molecular complexity index is 3000. The summed E-state index contributed by atoms with van der Waals surface area (Å²) in [7, 11) is 1.70. The van der Waals surface area contributed by atoms with Gasteiger partial charge in [0, 0.05) is 114 Å². The zero-order chi connectivity index (χ0) is 66.4. The highest BCUT2D eigenvalue weighted by molar-refractivity contribution is 5.28. The smallest absolute Gasteiger partial charge is 0.181 e. The third-order valence-electron chi connectivity index (χ3n) is 21.3. The van der Waals surface area contributed by atoms with Crippen LogP contribution in [0.5, 0.6) is 0 Å². The van der Waals surface area contributed by atoms with Gasteiger partial charge in [-0.05, 0) is 132 Å². The summed E-state index contributed by atoms with van der Waals surface area (Å²) < 4.78 is 5.28. The lowest BCUT2D eigenvalue weighted by atomic mass is 9.82. The molecule has 5 aliphatic heterocycles. The van der Waals surface area contributed by atoms with Gasteiger partial charge < -0.3 is 24.3 Å². The summed E-state index contributed by atoms with van der Waals surface area (Å²) in [5.74, 6) is 12.4. The molecule has 10 atom stereocenters. The fourth-order valence-electron chi connectivity index (χ4n) is 15.9. The van der Waals surface area contributed by atoms with Gasteiger partial charge in [-0.15, -0.1) is 0 Å². The number of allylic oxidation sites excluding steroid dienone is 1. The minimum atomic E-state index is 0.582. The highest BCUT2D eigenvalue weighted by Gasteiger charge is 2.40. The van der Waals surface area contributed by atoms with Gasteiger partial charge in [-0.3, -0.25) is 4.90 Å². The molecule has 500 valence electrons. The highest BCUT2D eigenvalue weighted by Crippen LogP contribution is 2.42. The van der Waals surface area contributed by atoms with Crippen molar-refractivity contribution in [3.05, 3.63) is 240 Å². The third kappa shape index (κ3) is 21.3. The molecule has 6 nitrogen and oxygen atoms in total. The van der Waals surface area contributed by atoms with E-state index in [0.717, 1.165) is 104 Å². The molecule has 0 amide bonds. The molecule has 11 rings (SSSR count). The van der Waals surface area contributed by atoms with Crippen molar-refractivity contribution in [1.82, 2.24) is 24.5 Å². The first-order chi connectivity index (χ1) is 44.1. The van der Waals surface area contributed by atoms with Crippen molar-refractivity contribution in [2.24, 2.45) is 65.1 Å². The molecular weight excluding hydrogens is 1120 g/mol. The van der Waals surface area contributed by atoms with Gasteiger partial charge in [0.15, 0.2) is 5.88 Å². The summed E-state index contributed by atoms with van der Waals surface area (Å²) in [6.07, 6.45) is 1.27. The van der Waals surface area contributed by atoms with E-state index in [4.69, 9.17) is 4.74 Å². The third-order valence-corrected chi connectivity index (χ3v) is 21.3. The first-order valence-electron chi connectivity index (χ1n) is 36.0. The van der Waals surface area contributed by atoms with Crippen molar-refractivity contribution in [3.8, 4) is 0 Å². The lowest BCUT2D eigenvalue weighted by Crippen LogP contribution is -2.26. The average molecular weight is 1240 g/mol. The van der Waals surface area contributed by atoms with E-state index in [-0.39, 0.29) is 0 Å². The van der Waals surface area contributed by atoms with Crippen molar-refractivity contribution in [3.63, 3.8) is 0 Å². The second-order valence-electron chi connectivity index (χ2n) is 30.3. The van der Waals surface area contributed by atoms with E-state index in [9.17, 15) is 0 Å². The topological polar surface area (TPSA) is 25.4 Å². The first-order valence-corrected chi connectivity index (χ1v) is 36.0. The number of likely N-dealkylation sites (tertiary alicyclic amines) is 5. The second kappa shape index (κ2) is 36.7. The SMILES string of the molecule is C=C(C)N1CC(c2ccccc2)C(C(C)C)C1.C=C(OC)N1CC(c2ccccc2)C(C(C)C)C1.CC(C)CN1CC(c2ccccc2)C(C(C)C)C1.CCCN1CC(c2ccccc2)C(C(C)C)C1.Cc1ccc(CN2CC(c3ccccc3)C(C(C)C)C2)cc1. The summed E-state index contributed by atoms with van der Waals surface area (Å²) in [4.78, 5) is 12.6. The molecule has 0 aliphatic carbocycles. The van der Waals surface area contributed by atoms with Crippen LogP contribution < -0.4 is 0 Å². The molecule has 6 heteroatoms. The van der Waals surface area contributed by atoms with Crippen LogP contribution in [0.1, 0.15) is 172 Å². The van der Waals surface area contributed by atoms with Gasteiger partial charge >= 0.3 is 0 Å². The number of ether oxygens (including phenoxy) is 1. The minimum Gasteiger partial charge on any atom is -0.483 e. The van der Waals surface area contributed by atoms with Crippen LogP contribution in [-0.2, 0) is 11.3 Å². The molecule has 0 bridgehead atoms. The van der Waals surface area contributed by atoms with E-state index in [1.807, 2.05) is 0 Å². The van der Waals surface area contributed by atoms with Crippen LogP contribution in [0.15, 0.2) is 201 Å². The molecule has 5 fully saturated rings. The van der Waals surface area contributed by atoms with Crippen LogP contribution in [0.2, 0.25) is 0 Å². The molecule has 5 heterocycles. The Hall–Kier alpha value is -5.92. The van der Waals surface area contributed by atoms with E-state index in [2.05, 4.69) is 317 Å². The van der Waals surface area contributed by atoms with Gasteiger partial charge in [0.25, 0.3) is 0 Å². The molecule has 5 aliphatic rings. The number of benzene rings is 6. The number of methoxy groups -OCH3 is 1. The predicted molar refractivity (Wildman–Crippen MR) is 396 cm³/mol. The number of hydrogen-bond donors (Lipinski definition) is 0. The Kier molecular flexibility index (Phi) is 29.3. The minimum absolute atomic E-state index is 0.582. The average Bonchev–Trinajstić information content (AvgIpc) is 1.79. The molecule has 0 aromatic heterocycles. The highest BCUT2D eigenvalue weighted by atomic mass is 16.5. The second-order valence-corrected chi connectivity index (χ2v) is 30.3. The van der Waals surface area contributed by atoms with Gasteiger partial charge in [-0.1, -0.05) is 278 Å². The molecular formula is C86H125N5O. The standard InChI is InChI=1S/C21H27N.C17H27N.C16H23NO.C16H23N.C16H25N/c1-16(2)20-14-22(13-18-11-9-17(3)10-12-18)15-21(20)19-7-5-4-6-8-19;1-13(2)10-18-11-16(14(3)4)17(12-18)15-8-6-5-7-9-15;1-12(2)15-10-17(13(3)18-4)11-16(15)14-8-6-5-7-9-14;1-12(2)15-10-17(13(3)4)11-16(15)14-8-6-5-7-9-14;1-4-10-17-11-15(13(2)3)16(12-17)14-8-6-5-7-9-14/h4-12,16,20-21H,13-15H2,1-3H3;5-9,13-14,16-17H,10-12H2,1-4H3;5-9,12,15-16H,3,10-11H2,1-2,4H3;5-9,12,15-16H,3,10-11H2,1-2,4H3;5-9,13,15-16H,4,10-12H2,1-3H3. The van der Waals surface area contributed by atoms with E-state index < -0.39 is 0 Å². The number of hydrogen-bond acceptors (Lipinski definition) is 6. The molecule has 10 unspecified atom stereocenters. The van der Waals surface area contributed by atoms with Crippen molar-refractivity contribution < 1.29 is 4.74 Å². The zero-order valence-electron chi connectivity index (χ0n) is 60.4. The van der Waals surface area contributed by atoms with Crippen molar-refractivity contribution in [1.29, 1.82) is 0 Å². The summed E-state index contributed by atoms with van der Waals surface area (Å²) in [5, 5.41) is 0. The van der Waals surface area contributed by atoms with Crippen molar-refractivity contribution in [2.75, 3.05) is 85.6 Å². The molecule has 6 aromatic carbocycles. The van der Waals surface area contributed by atoms with E-state index in [0.29, 0.717) is 29.6 Å². The largest absolute Gasteiger partial charge is 0.483 e.